The van der Waals surface area contributed by atoms with Crippen molar-refractivity contribution in [3.63, 3.8) is 0 Å². The maximum absolute atomic E-state index is 12.4. The number of halogens is 2. The molecule has 2 heterocycles. The maximum atomic E-state index is 12.4. The fourth-order valence-electron chi connectivity index (χ4n) is 2.58. The topological polar surface area (TPSA) is 80.3 Å². The van der Waals surface area contributed by atoms with Crippen LogP contribution in [0.15, 0.2) is 36.5 Å². The second kappa shape index (κ2) is 8.49. The van der Waals surface area contributed by atoms with Gasteiger partial charge in [-0.05, 0) is 43.2 Å². The third kappa shape index (κ3) is 4.72. The standard InChI is InChI=1S/C18H17Cl2N3O3/c19-12-3-4-15(14(20)9-12)23-17(24)11-5-6-21-16(8-11)18(25)22-10-13-2-1-7-26-13/h3-6,8-9,13H,1-2,7,10H2,(H,22,25)(H,23,24). The van der Waals surface area contributed by atoms with Gasteiger partial charge >= 0.3 is 0 Å². The summed E-state index contributed by atoms with van der Waals surface area (Å²) in [6.45, 7) is 1.15. The first-order chi connectivity index (χ1) is 12.5. The van der Waals surface area contributed by atoms with E-state index in [1.165, 1.54) is 24.4 Å². The predicted molar refractivity (Wildman–Crippen MR) is 100.0 cm³/mol. The summed E-state index contributed by atoms with van der Waals surface area (Å²) in [4.78, 5) is 28.7. The van der Waals surface area contributed by atoms with Gasteiger partial charge < -0.3 is 15.4 Å². The van der Waals surface area contributed by atoms with E-state index in [0.29, 0.717) is 27.8 Å². The number of ether oxygens (including phenoxy) is 1. The van der Waals surface area contributed by atoms with Crippen molar-refractivity contribution >= 4 is 40.7 Å². The van der Waals surface area contributed by atoms with Crippen molar-refractivity contribution in [1.82, 2.24) is 10.3 Å². The van der Waals surface area contributed by atoms with Crippen LogP contribution in [0.3, 0.4) is 0 Å². The Morgan fingerprint density at radius 1 is 1.19 bits per heavy atom. The van der Waals surface area contributed by atoms with Crippen molar-refractivity contribution in [1.29, 1.82) is 0 Å². The Hall–Kier alpha value is -2.15. The van der Waals surface area contributed by atoms with E-state index in [4.69, 9.17) is 27.9 Å². The molecule has 1 saturated heterocycles. The van der Waals surface area contributed by atoms with E-state index in [1.807, 2.05) is 0 Å². The molecule has 1 fully saturated rings. The minimum Gasteiger partial charge on any atom is -0.376 e. The van der Waals surface area contributed by atoms with Crippen molar-refractivity contribution in [3.05, 3.63) is 57.8 Å². The molecule has 0 spiro atoms. The van der Waals surface area contributed by atoms with Crippen LogP contribution in [0, 0.1) is 0 Å². The molecule has 2 amide bonds. The molecule has 3 rings (SSSR count). The number of anilines is 1. The molecule has 0 aliphatic carbocycles. The number of carbonyl (C=O) groups is 2. The minimum atomic E-state index is -0.398. The molecule has 6 nitrogen and oxygen atoms in total. The fraction of sp³-hybridized carbons (Fsp3) is 0.278. The van der Waals surface area contributed by atoms with Crippen LogP contribution in [0.25, 0.3) is 0 Å². The van der Waals surface area contributed by atoms with Gasteiger partial charge in [0.25, 0.3) is 11.8 Å². The lowest BCUT2D eigenvalue weighted by molar-refractivity contribution is 0.0853. The monoisotopic (exact) mass is 393 g/mol. The van der Waals surface area contributed by atoms with Crippen molar-refractivity contribution in [3.8, 4) is 0 Å². The van der Waals surface area contributed by atoms with E-state index < -0.39 is 5.91 Å². The zero-order valence-corrected chi connectivity index (χ0v) is 15.3. The number of nitrogens with one attached hydrogen (secondary N) is 2. The van der Waals surface area contributed by atoms with Crippen molar-refractivity contribution < 1.29 is 14.3 Å². The van der Waals surface area contributed by atoms with Gasteiger partial charge in [0.15, 0.2) is 0 Å². The molecule has 1 unspecified atom stereocenters. The second-order valence-electron chi connectivity index (χ2n) is 5.85. The number of carbonyl (C=O) groups excluding carboxylic acids is 2. The van der Waals surface area contributed by atoms with Gasteiger partial charge in [-0.3, -0.25) is 14.6 Å². The number of hydrogen-bond donors (Lipinski definition) is 2. The average molecular weight is 394 g/mol. The summed E-state index contributed by atoms with van der Waals surface area (Å²) in [5.41, 5.74) is 0.897. The summed E-state index contributed by atoms with van der Waals surface area (Å²) in [6.07, 6.45) is 3.39. The largest absolute Gasteiger partial charge is 0.376 e. The van der Waals surface area contributed by atoms with Gasteiger partial charge in [0, 0.05) is 29.9 Å². The Labute approximate surface area is 160 Å². The predicted octanol–water partition coefficient (Wildman–Crippen LogP) is 3.55. The van der Waals surface area contributed by atoms with Crippen LogP contribution in [-0.4, -0.2) is 36.1 Å². The lowest BCUT2D eigenvalue weighted by Crippen LogP contribution is -2.32. The maximum Gasteiger partial charge on any atom is 0.269 e. The molecule has 0 saturated carbocycles. The van der Waals surface area contributed by atoms with Gasteiger partial charge in [0.05, 0.1) is 16.8 Å². The molecular formula is C18H17Cl2N3O3. The Bertz CT molecular complexity index is 823. The Kier molecular flexibility index (Phi) is 6.08. The summed E-state index contributed by atoms with van der Waals surface area (Å²) in [7, 11) is 0. The molecule has 2 aromatic rings. The summed E-state index contributed by atoms with van der Waals surface area (Å²) in [5.74, 6) is -0.746. The van der Waals surface area contributed by atoms with Crippen LogP contribution in [0.2, 0.25) is 10.0 Å². The first-order valence-electron chi connectivity index (χ1n) is 8.15. The van der Waals surface area contributed by atoms with E-state index in [2.05, 4.69) is 15.6 Å². The Balaban J connectivity index is 1.65. The highest BCUT2D eigenvalue weighted by Gasteiger charge is 2.18. The molecule has 136 valence electrons. The van der Waals surface area contributed by atoms with Gasteiger partial charge in [0.2, 0.25) is 0 Å². The molecule has 26 heavy (non-hydrogen) atoms. The van der Waals surface area contributed by atoms with E-state index in [9.17, 15) is 9.59 Å². The van der Waals surface area contributed by atoms with Crippen molar-refractivity contribution in [2.45, 2.75) is 18.9 Å². The molecule has 0 radical (unpaired) electrons. The normalized spacial score (nSPS) is 16.3. The van der Waals surface area contributed by atoms with Crippen LogP contribution in [0.4, 0.5) is 5.69 Å². The number of benzene rings is 1. The highest BCUT2D eigenvalue weighted by Crippen LogP contribution is 2.25. The highest BCUT2D eigenvalue weighted by atomic mass is 35.5. The Morgan fingerprint density at radius 3 is 2.77 bits per heavy atom. The number of aromatic nitrogens is 1. The first kappa shape index (κ1) is 18.6. The molecule has 1 aromatic carbocycles. The third-order valence-corrected chi connectivity index (χ3v) is 4.50. The summed E-state index contributed by atoms with van der Waals surface area (Å²) in [6, 6.07) is 7.73. The number of rotatable bonds is 5. The van der Waals surface area contributed by atoms with Crippen LogP contribution in [0.5, 0.6) is 0 Å². The molecule has 8 heteroatoms. The molecule has 1 aliphatic rings. The van der Waals surface area contributed by atoms with E-state index >= 15 is 0 Å². The molecule has 1 aromatic heterocycles. The average Bonchev–Trinajstić information content (AvgIpc) is 3.15. The first-order valence-corrected chi connectivity index (χ1v) is 8.91. The number of amides is 2. The second-order valence-corrected chi connectivity index (χ2v) is 6.70. The van der Waals surface area contributed by atoms with Crippen molar-refractivity contribution in [2.75, 3.05) is 18.5 Å². The molecule has 2 N–H and O–H groups in total. The lowest BCUT2D eigenvalue weighted by Gasteiger charge is -2.11. The summed E-state index contributed by atoms with van der Waals surface area (Å²) < 4.78 is 5.47. The zero-order valence-electron chi connectivity index (χ0n) is 13.8. The minimum absolute atomic E-state index is 0.0393. The van der Waals surface area contributed by atoms with Crippen LogP contribution in [0.1, 0.15) is 33.7 Å². The van der Waals surface area contributed by atoms with E-state index in [1.54, 1.807) is 12.1 Å². The lowest BCUT2D eigenvalue weighted by atomic mass is 10.2. The van der Waals surface area contributed by atoms with E-state index in [-0.39, 0.29) is 17.7 Å². The van der Waals surface area contributed by atoms with Gasteiger partial charge in [-0.15, -0.1) is 0 Å². The SMILES string of the molecule is O=C(Nc1ccc(Cl)cc1Cl)c1ccnc(C(=O)NCC2CCCO2)c1. The van der Waals surface area contributed by atoms with E-state index in [0.717, 1.165) is 19.4 Å². The van der Waals surface area contributed by atoms with Gasteiger partial charge in [-0.25, -0.2) is 0 Å². The molecule has 1 aliphatic heterocycles. The molecule has 0 bridgehead atoms. The quantitative estimate of drug-likeness (QED) is 0.813. The number of hydrogen-bond acceptors (Lipinski definition) is 4. The van der Waals surface area contributed by atoms with Crippen LogP contribution in [-0.2, 0) is 4.74 Å². The third-order valence-electron chi connectivity index (χ3n) is 3.95. The Morgan fingerprint density at radius 2 is 2.04 bits per heavy atom. The van der Waals surface area contributed by atoms with Crippen LogP contribution >= 0.6 is 23.2 Å². The van der Waals surface area contributed by atoms with Gasteiger partial charge in [0.1, 0.15) is 5.69 Å². The van der Waals surface area contributed by atoms with Crippen LogP contribution < -0.4 is 10.6 Å². The molecule has 1 atom stereocenters. The van der Waals surface area contributed by atoms with Gasteiger partial charge in [-0.1, -0.05) is 23.2 Å². The fourth-order valence-corrected chi connectivity index (χ4v) is 3.04. The van der Waals surface area contributed by atoms with Gasteiger partial charge in [-0.2, -0.15) is 0 Å². The number of nitrogens with zero attached hydrogens (tertiary/aromatic N) is 1. The van der Waals surface area contributed by atoms with Crippen molar-refractivity contribution in [2.24, 2.45) is 0 Å². The number of pyridine rings is 1. The smallest absolute Gasteiger partial charge is 0.269 e. The summed E-state index contributed by atoms with van der Waals surface area (Å²) in [5, 5.41) is 6.27. The highest BCUT2D eigenvalue weighted by molar-refractivity contribution is 6.36. The molecular weight excluding hydrogens is 377 g/mol. The zero-order chi connectivity index (χ0) is 18.5. The summed E-state index contributed by atoms with van der Waals surface area (Å²) >= 11 is 11.9.